The summed E-state index contributed by atoms with van der Waals surface area (Å²) in [5, 5.41) is 0. The summed E-state index contributed by atoms with van der Waals surface area (Å²) in [4.78, 5) is 11.0. The third-order valence-electron chi connectivity index (χ3n) is 2.27. The lowest BCUT2D eigenvalue weighted by atomic mass is 10.3. The summed E-state index contributed by atoms with van der Waals surface area (Å²) in [5.74, 6) is 0.239. The summed E-state index contributed by atoms with van der Waals surface area (Å²) in [7, 11) is 0. The highest BCUT2D eigenvalue weighted by atomic mass is 16.6. The lowest BCUT2D eigenvalue weighted by molar-refractivity contribution is -0.146. The Morgan fingerprint density at radius 3 is 2.45 bits per heavy atom. The minimum atomic E-state index is -0.267. The van der Waals surface area contributed by atoms with E-state index in [9.17, 15) is 4.79 Å². The summed E-state index contributed by atoms with van der Waals surface area (Å²) in [6.45, 7) is 9.21. The van der Waals surface area contributed by atoms with Gasteiger partial charge in [-0.05, 0) is 26.2 Å². The van der Waals surface area contributed by atoms with Crippen molar-refractivity contribution in [3.8, 4) is 0 Å². The molecule has 0 amide bonds. The van der Waals surface area contributed by atoms with Crippen molar-refractivity contribution >= 4 is 5.97 Å². The number of hydrogen-bond acceptors (Lipinski definition) is 2. The maximum Gasteiger partial charge on any atom is 0.333 e. The lowest BCUT2D eigenvalue weighted by Crippen LogP contribution is -2.17. The highest BCUT2D eigenvalue weighted by Gasteiger charge is 2.50. The SMILES string of the molecule is C=C(C)C(=O)OC1(C)CC1C. The van der Waals surface area contributed by atoms with Crippen molar-refractivity contribution in [2.75, 3.05) is 0 Å². The Morgan fingerprint density at radius 2 is 2.18 bits per heavy atom. The van der Waals surface area contributed by atoms with Crippen molar-refractivity contribution in [3.63, 3.8) is 0 Å². The second-order valence-corrected chi connectivity index (χ2v) is 3.59. The molecule has 0 aromatic heterocycles. The van der Waals surface area contributed by atoms with E-state index in [0.29, 0.717) is 11.5 Å². The Morgan fingerprint density at radius 1 is 1.73 bits per heavy atom. The Hall–Kier alpha value is -0.790. The Kier molecular flexibility index (Phi) is 1.78. The molecule has 1 aliphatic carbocycles. The van der Waals surface area contributed by atoms with Crippen LogP contribution in [-0.4, -0.2) is 11.6 Å². The molecule has 2 atom stereocenters. The van der Waals surface area contributed by atoms with Gasteiger partial charge in [-0.3, -0.25) is 0 Å². The van der Waals surface area contributed by atoms with Gasteiger partial charge >= 0.3 is 5.97 Å². The second-order valence-electron chi connectivity index (χ2n) is 3.59. The van der Waals surface area contributed by atoms with Gasteiger partial charge in [0.05, 0.1) is 0 Å². The van der Waals surface area contributed by atoms with Gasteiger partial charge in [-0.2, -0.15) is 0 Å². The van der Waals surface area contributed by atoms with Crippen LogP contribution in [0.1, 0.15) is 27.2 Å². The predicted octanol–water partition coefficient (Wildman–Crippen LogP) is 1.90. The lowest BCUT2D eigenvalue weighted by Gasteiger charge is -2.11. The van der Waals surface area contributed by atoms with Crippen LogP contribution in [0.25, 0.3) is 0 Å². The molecular formula is C9H14O2. The van der Waals surface area contributed by atoms with Crippen molar-refractivity contribution in [2.24, 2.45) is 5.92 Å². The number of carbonyl (C=O) groups excluding carboxylic acids is 1. The first-order chi connectivity index (χ1) is 4.96. The van der Waals surface area contributed by atoms with E-state index >= 15 is 0 Å². The first-order valence-corrected chi connectivity index (χ1v) is 3.84. The molecule has 0 radical (unpaired) electrons. The summed E-state index contributed by atoms with van der Waals surface area (Å²) >= 11 is 0. The summed E-state index contributed by atoms with van der Waals surface area (Å²) in [6, 6.07) is 0. The fourth-order valence-electron chi connectivity index (χ4n) is 0.990. The largest absolute Gasteiger partial charge is 0.456 e. The van der Waals surface area contributed by atoms with Crippen LogP contribution >= 0.6 is 0 Å². The van der Waals surface area contributed by atoms with E-state index in [1.807, 2.05) is 6.92 Å². The normalized spacial score (nSPS) is 34.6. The van der Waals surface area contributed by atoms with Gasteiger partial charge in [0.15, 0.2) is 0 Å². The average Bonchev–Trinajstić information content (AvgIpc) is 2.39. The molecule has 0 saturated heterocycles. The molecule has 62 valence electrons. The molecule has 1 saturated carbocycles. The van der Waals surface area contributed by atoms with Gasteiger partial charge in [0, 0.05) is 5.57 Å². The van der Waals surface area contributed by atoms with E-state index in [1.165, 1.54) is 0 Å². The maximum atomic E-state index is 11.0. The minimum absolute atomic E-state index is 0.198. The van der Waals surface area contributed by atoms with Gasteiger partial charge in [-0.1, -0.05) is 13.5 Å². The van der Waals surface area contributed by atoms with E-state index in [4.69, 9.17) is 4.74 Å². The van der Waals surface area contributed by atoms with E-state index < -0.39 is 0 Å². The van der Waals surface area contributed by atoms with Crippen molar-refractivity contribution in [3.05, 3.63) is 12.2 Å². The number of rotatable bonds is 2. The first-order valence-electron chi connectivity index (χ1n) is 3.84. The highest BCUT2D eigenvalue weighted by molar-refractivity contribution is 5.87. The van der Waals surface area contributed by atoms with Gasteiger partial charge in [0.2, 0.25) is 0 Å². The fourth-order valence-corrected chi connectivity index (χ4v) is 0.990. The van der Waals surface area contributed by atoms with E-state index in [0.717, 1.165) is 6.42 Å². The molecule has 0 aromatic rings. The zero-order valence-electron chi connectivity index (χ0n) is 7.31. The minimum Gasteiger partial charge on any atom is -0.456 e. The van der Waals surface area contributed by atoms with Gasteiger partial charge in [-0.15, -0.1) is 0 Å². The van der Waals surface area contributed by atoms with Crippen molar-refractivity contribution in [2.45, 2.75) is 32.8 Å². The van der Waals surface area contributed by atoms with Crippen LogP contribution in [-0.2, 0) is 9.53 Å². The number of carbonyl (C=O) groups is 1. The highest BCUT2D eigenvalue weighted by Crippen LogP contribution is 2.46. The van der Waals surface area contributed by atoms with E-state index in [2.05, 4.69) is 13.5 Å². The molecule has 0 aliphatic heterocycles. The molecule has 2 unspecified atom stereocenters. The molecule has 11 heavy (non-hydrogen) atoms. The number of hydrogen-bond donors (Lipinski definition) is 0. The van der Waals surface area contributed by atoms with Gasteiger partial charge in [-0.25, -0.2) is 4.79 Å². The Labute approximate surface area is 67.2 Å². The Bertz CT molecular complexity index is 208. The van der Waals surface area contributed by atoms with Crippen LogP contribution in [0.2, 0.25) is 0 Å². The smallest absolute Gasteiger partial charge is 0.333 e. The van der Waals surface area contributed by atoms with Crippen LogP contribution in [0.15, 0.2) is 12.2 Å². The standard InChI is InChI=1S/C9H14O2/c1-6(2)8(10)11-9(4)5-7(9)3/h7H,1,5H2,2-4H3. The average molecular weight is 154 g/mol. The molecule has 0 heterocycles. The van der Waals surface area contributed by atoms with Crippen LogP contribution < -0.4 is 0 Å². The van der Waals surface area contributed by atoms with E-state index in [1.54, 1.807) is 6.92 Å². The van der Waals surface area contributed by atoms with Crippen molar-refractivity contribution in [1.29, 1.82) is 0 Å². The molecule has 0 N–H and O–H groups in total. The van der Waals surface area contributed by atoms with Crippen molar-refractivity contribution in [1.82, 2.24) is 0 Å². The first kappa shape index (κ1) is 8.31. The molecule has 1 aliphatic rings. The van der Waals surface area contributed by atoms with Crippen LogP contribution in [0.4, 0.5) is 0 Å². The van der Waals surface area contributed by atoms with Gasteiger partial charge in [0.1, 0.15) is 5.60 Å². The topological polar surface area (TPSA) is 26.3 Å². The van der Waals surface area contributed by atoms with Crippen LogP contribution in [0, 0.1) is 5.92 Å². The second kappa shape index (κ2) is 2.36. The van der Waals surface area contributed by atoms with Crippen LogP contribution in [0.3, 0.4) is 0 Å². The number of ether oxygens (including phenoxy) is 1. The van der Waals surface area contributed by atoms with Crippen LogP contribution in [0.5, 0.6) is 0 Å². The van der Waals surface area contributed by atoms with Gasteiger partial charge in [0.25, 0.3) is 0 Å². The maximum absolute atomic E-state index is 11.0. The quantitative estimate of drug-likeness (QED) is 0.448. The van der Waals surface area contributed by atoms with Gasteiger partial charge < -0.3 is 4.74 Å². The monoisotopic (exact) mass is 154 g/mol. The molecule has 0 aromatic carbocycles. The molecule has 2 heteroatoms. The predicted molar refractivity (Wildman–Crippen MR) is 43.1 cm³/mol. The molecule has 1 fully saturated rings. The zero-order valence-corrected chi connectivity index (χ0v) is 7.31. The van der Waals surface area contributed by atoms with E-state index in [-0.39, 0.29) is 11.6 Å². The molecule has 0 bridgehead atoms. The summed E-state index contributed by atoms with van der Waals surface area (Å²) in [5.41, 5.74) is 0.279. The fraction of sp³-hybridized carbons (Fsp3) is 0.667. The summed E-state index contributed by atoms with van der Waals surface area (Å²) < 4.78 is 5.18. The Balaban J connectivity index is 2.44. The third-order valence-corrected chi connectivity index (χ3v) is 2.27. The molecule has 1 rings (SSSR count). The van der Waals surface area contributed by atoms with Crippen molar-refractivity contribution < 1.29 is 9.53 Å². The molecule has 0 spiro atoms. The molecular weight excluding hydrogens is 140 g/mol. The third kappa shape index (κ3) is 1.62. The number of esters is 1. The molecule has 2 nitrogen and oxygen atoms in total. The summed E-state index contributed by atoms with van der Waals surface area (Å²) in [6.07, 6.45) is 0.978. The zero-order chi connectivity index (χ0) is 8.65.